The number of hydrogen-bond acceptors (Lipinski definition) is 6. The van der Waals surface area contributed by atoms with E-state index in [2.05, 4.69) is 15.4 Å². The molecule has 0 bridgehead atoms. The van der Waals surface area contributed by atoms with Crippen molar-refractivity contribution in [2.75, 3.05) is 12.4 Å². The molecule has 0 saturated heterocycles. The molecule has 7 nitrogen and oxygen atoms in total. The smallest absolute Gasteiger partial charge is 0.338 e. The molecular weight excluding hydrogens is 487 g/mol. The van der Waals surface area contributed by atoms with Crippen LogP contribution in [0.25, 0.3) is 5.70 Å². The molecule has 0 fully saturated rings. The Kier molecular flexibility index (Phi) is 6.44. The first-order valence-electron chi connectivity index (χ1n) is 10.8. The number of methoxy groups -OCH3 is 1. The van der Waals surface area contributed by atoms with Gasteiger partial charge in [-0.25, -0.2) is 9.48 Å². The summed E-state index contributed by atoms with van der Waals surface area (Å²) < 4.78 is 12.8. The minimum absolute atomic E-state index is 0.336. The zero-order valence-corrected chi connectivity index (χ0v) is 20.1. The van der Waals surface area contributed by atoms with Gasteiger partial charge in [-0.05, 0) is 41.0 Å². The van der Waals surface area contributed by atoms with Crippen LogP contribution in [0, 0.1) is 0 Å². The third-order valence-electron chi connectivity index (χ3n) is 5.65. The lowest BCUT2D eigenvalue weighted by Crippen LogP contribution is -2.29. The van der Waals surface area contributed by atoms with Crippen molar-refractivity contribution in [1.82, 2.24) is 14.8 Å². The van der Waals surface area contributed by atoms with E-state index in [1.165, 1.54) is 13.4 Å². The van der Waals surface area contributed by atoms with Crippen molar-refractivity contribution in [2.45, 2.75) is 12.6 Å². The number of rotatable bonds is 6. The lowest BCUT2D eigenvalue weighted by atomic mass is 9.93. The van der Waals surface area contributed by atoms with E-state index in [0.29, 0.717) is 39.6 Å². The van der Waals surface area contributed by atoms with Gasteiger partial charge < -0.3 is 14.8 Å². The number of halogens is 2. The van der Waals surface area contributed by atoms with Crippen LogP contribution in [0.5, 0.6) is 5.75 Å². The fourth-order valence-corrected chi connectivity index (χ4v) is 4.29. The van der Waals surface area contributed by atoms with Gasteiger partial charge in [-0.2, -0.15) is 10.1 Å². The zero-order valence-electron chi connectivity index (χ0n) is 18.6. The maximum absolute atomic E-state index is 13.0. The maximum Gasteiger partial charge on any atom is 0.338 e. The zero-order chi connectivity index (χ0) is 24.4. The van der Waals surface area contributed by atoms with Gasteiger partial charge in [0.25, 0.3) is 0 Å². The molecule has 35 heavy (non-hydrogen) atoms. The third-order valence-corrected chi connectivity index (χ3v) is 6.39. The lowest BCUT2D eigenvalue weighted by Gasteiger charge is -2.29. The molecule has 3 aromatic carbocycles. The van der Waals surface area contributed by atoms with E-state index < -0.39 is 12.0 Å². The summed E-state index contributed by atoms with van der Waals surface area (Å²) in [6, 6.07) is 21.9. The van der Waals surface area contributed by atoms with Crippen molar-refractivity contribution in [3.8, 4) is 5.75 Å². The third kappa shape index (κ3) is 4.60. The summed E-state index contributed by atoms with van der Waals surface area (Å²) in [5.74, 6) is 0.739. The van der Waals surface area contributed by atoms with Crippen LogP contribution in [-0.2, 0) is 16.1 Å². The van der Waals surface area contributed by atoms with Gasteiger partial charge in [0.2, 0.25) is 5.95 Å². The molecule has 5 rings (SSSR count). The maximum atomic E-state index is 13.0. The Bertz CT molecular complexity index is 1400. The van der Waals surface area contributed by atoms with Crippen LogP contribution in [0.3, 0.4) is 0 Å². The monoisotopic (exact) mass is 506 g/mol. The van der Waals surface area contributed by atoms with Crippen LogP contribution >= 0.6 is 23.2 Å². The topological polar surface area (TPSA) is 78.3 Å². The number of benzene rings is 3. The van der Waals surface area contributed by atoms with E-state index in [4.69, 9.17) is 32.7 Å². The molecule has 0 amide bonds. The Hall–Kier alpha value is -3.81. The van der Waals surface area contributed by atoms with Crippen LogP contribution in [0.1, 0.15) is 22.7 Å². The highest BCUT2D eigenvalue weighted by Crippen LogP contribution is 2.39. The summed E-state index contributed by atoms with van der Waals surface area (Å²) in [6.07, 6.45) is 1.45. The molecule has 176 valence electrons. The number of nitrogens with one attached hydrogen (secondary N) is 1. The average Bonchev–Trinajstić information content (AvgIpc) is 3.37. The second-order valence-corrected chi connectivity index (χ2v) is 8.62. The molecular formula is C26H20Cl2N4O3. The molecule has 0 unspecified atom stereocenters. The Morgan fingerprint density at radius 3 is 2.51 bits per heavy atom. The van der Waals surface area contributed by atoms with E-state index in [-0.39, 0.29) is 0 Å². The van der Waals surface area contributed by atoms with Crippen molar-refractivity contribution < 1.29 is 14.3 Å². The Balaban J connectivity index is 1.48. The predicted molar refractivity (Wildman–Crippen MR) is 134 cm³/mol. The van der Waals surface area contributed by atoms with Crippen molar-refractivity contribution in [1.29, 1.82) is 0 Å². The molecule has 0 radical (unpaired) electrons. The van der Waals surface area contributed by atoms with Gasteiger partial charge in [0.1, 0.15) is 24.7 Å². The summed E-state index contributed by atoms with van der Waals surface area (Å²) in [6.45, 7) is 0.336. The number of ether oxygens (including phenoxy) is 2. The largest absolute Gasteiger partial charge is 0.489 e. The van der Waals surface area contributed by atoms with Gasteiger partial charge in [0, 0.05) is 0 Å². The van der Waals surface area contributed by atoms with Crippen LogP contribution in [0.15, 0.2) is 84.7 Å². The Morgan fingerprint density at radius 1 is 1.03 bits per heavy atom. The van der Waals surface area contributed by atoms with Crippen LogP contribution in [0.4, 0.5) is 5.95 Å². The summed E-state index contributed by atoms with van der Waals surface area (Å²) in [7, 11) is 1.37. The summed E-state index contributed by atoms with van der Waals surface area (Å²) in [5, 5.41) is 8.59. The molecule has 1 aliphatic heterocycles. The lowest BCUT2D eigenvalue weighted by molar-refractivity contribution is -0.136. The molecule has 1 N–H and O–H groups in total. The van der Waals surface area contributed by atoms with E-state index in [1.807, 2.05) is 60.7 Å². The van der Waals surface area contributed by atoms with E-state index in [1.54, 1.807) is 16.8 Å². The Morgan fingerprint density at radius 2 is 1.80 bits per heavy atom. The van der Waals surface area contributed by atoms with Crippen molar-refractivity contribution in [2.24, 2.45) is 0 Å². The highest BCUT2D eigenvalue weighted by atomic mass is 35.5. The summed E-state index contributed by atoms with van der Waals surface area (Å²) in [4.78, 5) is 17.3. The van der Waals surface area contributed by atoms with Gasteiger partial charge in [-0.15, -0.1) is 0 Å². The summed E-state index contributed by atoms with van der Waals surface area (Å²) in [5.41, 5.74) is 3.63. The fraction of sp³-hybridized carbons (Fsp3) is 0.115. The standard InChI is InChI=1S/C26H20Cl2N4O3/c1-34-25(33)22-23(17-5-3-2-4-6-17)31-26-29-15-30-32(26)24(22)18-8-10-19(11-9-18)35-14-16-7-12-20(27)21(28)13-16/h2-13,15,24H,14H2,1H3,(H,29,30,31)/t24-/m1/s1. The molecule has 0 saturated carbocycles. The number of nitrogens with zero attached hydrogens (tertiary/aromatic N) is 3. The highest BCUT2D eigenvalue weighted by molar-refractivity contribution is 6.42. The average molecular weight is 507 g/mol. The minimum atomic E-state index is -0.541. The predicted octanol–water partition coefficient (Wildman–Crippen LogP) is 5.76. The number of esters is 1. The number of carbonyl (C=O) groups is 1. The molecule has 0 aliphatic carbocycles. The molecule has 4 aromatic rings. The van der Waals surface area contributed by atoms with Crippen molar-refractivity contribution in [3.63, 3.8) is 0 Å². The summed E-state index contributed by atoms with van der Waals surface area (Å²) >= 11 is 12.1. The number of aromatic nitrogens is 3. The second kappa shape index (κ2) is 9.82. The molecule has 0 spiro atoms. The second-order valence-electron chi connectivity index (χ2n) is 7.81. The number of carbonyl (C=O) groups excluding carboxylic acids is 1. The first-order chi connectivity index (χ1) is 17.0. The number of hydrogen-bond donors (Lipinski definition) is 1. The normalized spacial score (nSPS) is 14.8. The van der Waals surface area contributed by atoms with E-state index >= 15 is 0 Å². The van der Waals surface area contributed by atoms with Gasteiger partial charge in [-0.3, -0.25) is 0 Å². The molecule has 9 heteroatoms. The van der Waals surface area contributed by atoms with Crippen LogP contribution in [-0.4, -0.2) is 27.8 Å². The van der Waals surface area contributed by atoms with Crippen LogP contribution < -0.4 is 10.1 Å². The van der Waals surface area contributed by atoms with Gasteiger partial charge in [0.05, 0.1) is 28.4 Å². The van der Waals surface area contributed by atoms with Gasteiger partial charge in [-0.1, -0.05) is 71.7 Å². The van der Waals surface area contributed by atoms with Crippen LogP contribution in [0.2, 0.25) is 10.0 Å². The fourth-order valence-electron chi connectivity index (χ4n) is 3.97. The molecule has 1 aromatic heterocycles. The number of fused-ring (bicyclic) bond motifs is 1. The quantitative estimate of drug-likeness (QED) is 0.334. The minimum Gasteiger partial charge on any atom is -0.489 e. The van der Waals surface area contributed by atoms with Crippen molar-refractivity contribution >= 4 is 40.8 Å². The van der Waals surface area contributed by atoms with E-state index in [0.717, 1.165) is 16.7 Å². The van der Waals surface area contributed by atoms with Gasteiger partial charge >= 0.3 is 5.97 Å². The van der Waals surface area contributed by atoms with E-state index in [9.17, 15) is 4.79 Å². The molecule has 1 atom stereocenters. The number of anilines is 1. The highest BCUT2D eigenvalue weighted by Gasteiger charge is 2.35. The SMILES string of the molecule is COC(=O)C1=C(c2ccccc2)Nc2ncnn2[C@@H]1c1ccc(OCc2ccc(Cl)c(Cl)c2)cc1. The Labute approximate surface area is 211 Å². The molecule has 2 heterocycles. The molecule has 1 aliphatic rings. The first kappa shape index (κ1) is 23.0. The van der Waals surface area contributed by atoms with Gasteiger partial charge in [0.15, 0.2) is 0 Å². The first-order valence-corrected chi connectivity index (χ1v) is 11.5. The van der Waals surface area contributed by atoms with Crippen molar-refractivity contribution in [3.05, 3.63) is 111 Å².